The molecule has 1 heterocycles. The van der Waals surface area contributed by atoms with Crippen molar-refractivity contribution in [2.45, 2.75) is 46.0 Å². The van der Waals surface area contributed by atoms with E-state index in [2.05, 4.69) is 58.0 Å². The van der Waals surface area contributed by atoms with E-state index in [-0.39, 0.29) is 5.75 Å². The fourth-order valence-electron chi connectivity index (χ4n) is 4.43. The van der Waals surface area contributed by atoms with Crippen molar-refractivity contribution in [3.8, 4) is 22.6 Å². The Morgan fingerprint density at radius 3 is 2.43 bits per heavy atom. The predicted octanol–water partition coefficient (Wildman–Crippen LogP) is 7.13. The average Bonchev–Trinajstić information content (AvgIpc) is 2.73. The van der Waals surface area contributed by atoms with E-state index < -0.39 is 0 Å². The minimum atomic E-state index is 0.249. The van der Waals surface area contributed by atoms with Crippen LogP contribution in [0.2, 0.25) is 0 Å². The van der Waals surface area contributed by atoms with Crippen LogP contribution in [0.5, 0.6) is 11.5 Å². The number of hydrogen-bond donors (Lipinski definition) is 1. The molecule has 1 N–H and O–H groups in total. The molecule has 1 atom stereocenters. The molecule has 1 aliphatic rings. The van der Waals surface area contributed by atoms with Crippen LogP contribution in [-0.2, 0) is 0 Å². The molecule has 1 aliphatic heterocycles. The van der Waals surface area contributed by atoms with Gasteiger partial charge in [-0.2, -0.15) is 0 Å². The number of methoxy groups -OCH3 is 1. The largest absolute Gasteiger partial charge is 0.507 e. The number of ether oxygens (including phenoxy) is 1. The molecule has 30 heavy (non-hydrogen) atoms. The van der Waals surface area contributed by atoms with E-state index in [0.717, 1.165) is 45.8 Å². The van der Waals surface area contributed by atoms with E-state index in [1.54, 1.807) is 13.2 Å². The summed E-state index contributed by atoms with van der Waals surface area (Å²) >= 11 is 0. The molecule has 0 fully saturated rings. The van der Waals surface area contributed by atoms with E-state index in [1.807, 2.05) is 18.2 Å². The van der Waals surface area contributed by atoms with Crippen molar-refractivity contribution in [1.29, 1.82) is 0 Å². The zero-order valence-corrected chi connectivity index (χ0v) is 18.4. The maximum absolute atomic E-state index is 10.5. The predicted molar refractivity (Wildman–Crippen MR) is 125 cm³/mol. The topological polar surface area (TPSA) is 41.8 Å². The fraction of sp³-hybridized carbons (Fsp3) is 0.296. The minimum absolute atomic E-state index is 0.249. The van der Waals surface area contributed by atoms with Gasteiger partial charge in [-0.3, -0.25) is 4.99 Å². The number of hydrogen-bond acceptors (Lipinski definition) is 3. The maximum atomic E-state index is 10.5. The van der Waals surface area contributed by atoms with Crippen molar-refractivity contribution in [2.24, 2.45) is 4.99 Å². The maximum Gasteiger partial charge on any atom is 0.135 e. The Kier molecular flexibility index (Phi) is 5.38. The second-order valence-corrected chi connectivity index (χ2v) is 8.51. The molecule has 0 radical (unpaired) electrons. The van der Waals surface area contributed by atoms with E-state index in [9.17, 15) is 5.11 Å². The second kappa shape index (κ2) is 7.98. The van der Waals surface area contributed by atoms with Gasteiger partial charge in [-0.25, -0.2) is 0 Å². The Morgan fingerprint density at radius 2 is 1.73 bits per heavy atom. The smallest absolute Gasteiger partial charge is 0.135 e. The quantitative estimate of drug-likeness (QED) is 0.507. The molecule has 154 valence electrons. The molecule has 0 saturated carbocycles. The molecule has 1 unspecified atom stereocenters. The summed E-state index contributed by atoms with van der Waals surface area (Å²) < 4.78 is 5.90. The lowest BCUT2D eigenvalue weighted by atomic mass is 9.84. The Hall–Kier alpha value is -3.07. The number of fused-ring (bicyclic) bond motifs is 1. The molecule has 0 saturated heterocycles. The van der Waals surface area contributed by atoms with Gasteiger partial charge < -0.3 is 9.84 Å². The molecule has 0 spiro atoms. The molecule has 4 rings (SSSR count). The number of aryl methyl sites for hydroxylation is 1. The lowest BCUT2D eigenvalue weighted by Gasteiger charge is -2.26. The summed E-state index contributed by atoms with van der Waals surface area (Å²) in [7, 11) is 1.69. The molecular weight excluding hydrogens is 370 g/mol. The van der Waals surface area contributed by atoms with Gasteiger partial charge >= 0.3 is 0 Å². The van der Waals surface area contributed by atoms with Gasteiger partial charge in [0, 0.05) is 16.7 Å². The van der Waals surface area contributed by atoms with Gasteiger partial charge in [-0.1, -0.05) is 57.2 Å². The van der Waals surface area contributed by atoms with Gasteiger partial charge in [0.2, 0.25) is 0 Å². The fourth-order valence-corrected chi connectivity index (χ4v) is 4.43. The molecule has 3 nitrogen and oxygen atoms in total. The molecule has 3 aromatic carbocycles. The van der Waals surface area contributed by atoms with Crippen molar-refractivity contribution in [3.05, 3.63) is 76.9 Å². The lowest BCUT2D eigenvalue weighted by Crippen LogP contribution is -2.14. The number of aliphatic imine (C=N–C) groups is 1. The van der Waals surface area contributed by atoms with Crippen LogP contribution in [0.4, 0.5) is 5.69 Å². The van der Waals surface area contributed by atoms with Gasteiger partial charge in [0.1, 0.15) is 11.5 Å². The first-order chi connectivity index (χ1) is 14.4. The van der Waals surface area contributed by atoms with E-state index in [4.69, 9.17) is 9.73 Å². The van der Waals surface area contributed by atoms with Gasteiger partial charge in [0.05, 0.1) is 18.5 Å². The Balaban J connectivity index is 1.95. The average molecular weight is 400 g/mol. The summed E-state index contributed by atoms with van der Waals surface area (Å²) in [6.45, 7) is 8.78. The Morgan fingerprint density at radius 1 is 1.00 bits per heavy atom. The second-order valence-electron chi connectivity index (χ2n) is 8.51. The van der Waals surface area contributed by atoms with Gasteiger partial charge in [0.25, 0.3) is 0 Å². The molecule has 0 aromatic heterocycles. The monoisotopic (exact) mass is 399 g/mol. The van der Waals surface area contributed by atoms with Crippen LogP contribution in [0.3, 0.4) is 0 Å². The third-order valence-electron chi connectivity index (χ3n) is 5.94. The number of aromatic hydroxyl groups is 1. The Bertz CT molecular complexity index is 1130. The highest BCUT2D eigenvalue weighted by molar-refractivity contribution is 6.08. The van der Waals surface area contributed by atoms with Crippen LogP contribution < -0.4 is 4.74 Å². The minimum Gasteiger partial charge on any atom is -0.507 e. The van der Waals surface area contributed by atoms with Crippen LogP contribution in [0.1, 0.15) is 61.3 Å². The molecule has 0 amide bonds. The van der Waals surface area contributed by atoms with Crippen molar-refractivity contribution in [3.63, 3.8) is 0 Å². The highest BCUT2D eigenvalue weighted by Gasteiger charge is 2.26. The highest BCUT2D eigenvalue weighted by atomic mass is 16.5. The van der Waals surface area contributed by atoms with E-state index in [1.165, 1.54) is 11.1 Å². The zero-order valence-electron chi connectivity index (χ0n) is 18.4. The summed E-state index contributed by atoms with van der Waals surface area (Å²) in [6, 6.07) is 18.1. The first-order valence-electron chi connectivity index (χ1n) is 10.6. The summed E-state index contributed by atoms with van der Waals surface area (Å²) in [5.74, 6) is 1.80. The summed E-state index contributed by atoms with van der Waals surface area (Å²) in [5.41, 5.74) is 8.53. The van der Waals surface area contributed by atoms with Crippen LogP contribution in [-0.4, -0.2) is 17.9 Å². The summed E-state index contributed by atoms with van der Waals surface area (Å²) in [6.07, 6.45) is 0.856. The number of rotatable bonds is 4. The van der Waals surface area contributed by atoms with E-state index >= 15 is 0 Å². The number of para-hydroxylation sites is 2. The first kappa shape index (κ1) is 20.2. The van der Waals surface area contributed by atoms with Crippen LogP contribution in [0, 0.1) is 6.92 Å². The highest BCUT2D eigenvalue weighted by Crippen LogP contribution is 2.44. The Labute approximate surface area is 179 Å². The third-order valence-corrected chi connectivity index (χ3v) is 5.94. The molecule has 3 aromatic rings. The van der Waals surface area contributed by atoms with Crippen LogP contribution in [0.15, 0.2) is 59.6 Å². The number of benzene rings is 3. The molecule has 0 aliphatic carbocycles. The zero-order chi connectivity index (χ0) is 21.4. The SMILES string of the molecule is COc1c(C2=Nc3c(C(C)C)cccc3C(C)C2)cc(C)cc1-c1ccccc1O. The van der Waals surface area contributed by atoms with E-state index in [0.29, 0.717) is 11.8 Å². The first-order valence-corrected chi connectivity index (χ1v) is 10.6. The molecular formula is C27H29NO2. The van der Waals surface area contributed by atoms with Crippen LogP contribution in [0.25, 0.3) is 11.1 Å². The van der Waals surface area contributed by atoms with Crippen molar-refractivity contribution in [2.75, 3.05) is 7.11 Å². The van der Waals surface area contributed by atoms with Crippen molar-refractivity contribution < 1.29 is 9.84 Å². The number of phenols is 1. The van der Waals surface area contributed by atoms with Crippen LogP contribution >= 0.6 is 0 Å². The third kappa shape index (κ3) is 3.49. The molecule has 3 heteroatoms. The normalized spacial score (nSPS) is 15.7. The number of phenolic OH excluding ortho intramolecular Hbond substituents is 1. The number of nitrogens with zero attached hydrogens (tertiary/aromatic N) is 1. The van der Waals surface area contributed by atoms with Crippen molar-refractivity contribution in [1.82, 2.24) is 0 Å². The summed E-state index contributed by atoms with van der Waals surface area (Å²) in [4.78, 5) is 5.17. The van der Waals surface area contributed by atoms with Crippen molar-refractivity contribution >= 4 is 11.4 Å². The van der Waals surface area contributed by atoms with Gasteiger partial charge in [-0.15, -0.1) is 0 Å². The van der Waals surface area contributed by atoms with Gasteiger partial charge in [0.15, 0.2) is 0 Å². The molecule has 0 bridgehead atoms. The lowest BCUT2D eigenvalue weighted by molar-refractivity contribution is 0.414. The summed E-state index contributed by atoms with van der Waals surface area (Å²) in [5, 5.41) is 10.5. The van der Waals surface area contributed by atoms with Gasteiger partial charge in [-0.05, 0) is 60.1 Å². The standard InChI is InChI=1S/C27H29NO2/c1-16(2)19-10-8-11-20-18(4)15-24(28-26(19)20)23-14-17(3)13-22(27(23)30-5)21-9-6-7-12-25(21)29/h6-14,16,18,29H,15H2,1-5H3.